The molecule has 0 unspecified atom stereocenters. The van der Waals surface area contributed by atoms with Crippen LogP contribution in [0.1, 0.15) is 23.9 Å². The van der Waals surface area contributed by atoms with Crippen molar-refractivity contribution < 1.29 is 4.79 Å². The average Bonchev–Trinajstić information content (AvgIpc) is 2.90. The topological polar surface area (TPSA) is 75.9 Å². The summed E-state index contributed by atoms with van der Waals surface area (Å²) in [5.41, 5.74) is 2.96. The number of aromatic nitrogens is 4. The molecule has 2 aromatic rings. The van der Waals surface area contributed by atoms with Gasteiger partial charge < -0.3 is 10.2 Å². The number of carbonyl (C=O) groups is 1. The number of hydrogen-bond donors (Lipinski definition) is 1. The summed E-state index contributed by atoms with van der Waals surface area (Å²) in [5.74, 6) is 0.569. The Bertz CT molecular complexity index is 653. The summed E-state index contributed by atoms with van der Waals surface area (Å²) in [6.07, 6.45) is 5.43. The van der Waals surface area contributed by atoms with Crippen molar-refractivity contribution in [1.29, 1.82) is 0 Å². The van der Waals surface area contributed by atoms with Crippen LogP contribution in [-0.2, 0) is 31.4 Å². The smallest absolute Gasteiger partial charge is 0.223 e. The van der Waals surface area contributed by atoms with Crippen LogP contribution in [0.4, 0.5) is 5.95 Å². The molecule has 3 rings (SSSR count). The number of amides is 1. The van der Waals surface area contributed by atoms with E-state index in [1.165, 1.54) is 0 Å². The van der Waals surface area contributed by atoms with Crippen LogP contribution in [0.2, 0.25) is 0 Å². The molecule has 7 heteroatoms. The van der Waals surface area contributed by atoms with Crippen molar-refractivity contribution in [3.05, 3.63) is 35.4 Å². The van der Waals surface area contributed by atoms with Crippen LogP contribution in [-0.4, -0.2) is 37.1 Å². The Morgan fingerprint density at radius 1 is 1.52 bits per heavy atom. The lowest BCUT2D eigenvalue weighted by molar-refractivity contribution is -0.120. The summed E-state index contributed by atoms with van der Waals surface area (Å²) in [6, 6.07) is 2.15. The summed E-state index contributed by atoms with van der Waals surface area (Å²) in [4.78, 5) is 21.6. The lowest BCUT2D eigenvalue weighted by Crippen LogP contribution is -2.37. The Morgan fingerprint density at radius 2 is 2.38 bits per heavy atom. The summed E-state index contributed by atoms with van der Waals surface area (Å²) < 4.78 is 1.76. The third kappa shape index (κ3) is 2.86. The maximum Gasteiger partial charge on any atom is 0.223 e. The minimum atomic E-state index is 0.200. The lowest BCUT2D eigenvalue weighted by atomic mass is 10.0. The monoisotopic (exact) mass is 286 g/mol. The molecule has 0 spiro atoms. The van der Waals surface area contributed by atoms with Crippen molar-refractivity contribution in [2.24, 2.45) is 7.05 Å². The predicted octanol–water partition coefficient (Wildman–Crippen LogP) is 0.725. The molecular weight excluding hydrogens is 268 g/mol. The summed E-state index contributed by atoms with van der Waals surface area (Å²) in [6.45, 7) is 3.15. The Morgan fingerprint density at radius 3 is 3.10 bits per heavy atom. The second-order valence-corrected chi connectivity index (χ2v) is 5.33. The summed E-state index contributed by atoms with van der Waals surface area (Å²) >= 11 is 0. The molecule has 0 saturated heterocycles. The molecule has 1 aliphatic rings. The molecule has 7 nitrogen and oxygen atoms in total. The molecule has 0 saturated carbocycles. The average molecular weight is 286 g/mol. The van der Waals surface area contributed by atoms with Gasteiger partial charge in [0, 0.05) is 25.5 Å². The number of fused-ring (bicyclic) bond motifs is 1. The van der Waals surface area contributed by atoms with E-state index in [1.54, 1.807) is 9.58 Å². The molecule has 1 amide bonds. The van der Waals surface area contributed by atoms with Crippen LogP contribution >= 0.6 is 0 Å². The van der Waals surface area contributed by atoms with Crippen molar-refractivity contribution in [3.8, 4) is 0 Å². The molecule has 110 valence electrons. The summed E-state index contributed by atoms with van der Waals surface area (Å²) in [5, 5.41) is 7.46. The van der Waals surface area contributed by atoms with Gasteiger partial charge in [-0.1, -0.05) is 0 Å². The van der Waals surface area contributed by atoms with Gasteiger partial charge in [-0.15, -0.1) is 0 Å². The highest BCUT2D eigenvalue weighted by Crippen LogP contribution is 2.20. The Hall–Kier alpha value is -2.44. The van der Waals surface area contributed by atoms with Crippen LogP contribution in [0.5, 0.6) is 0 Å². The molecular formula is C14H18N6O. The Kier molecular flexibility index (Phi) is 3.55. The van der Waals surface area contributed by atoms with Gasteiger partial charge in [0.1, 0.15) is 0 Å². The van der Waals surface area contributed by atoms with Gasteiger partial charge in [-0.05, 0) is 25.0 Å². The van der Waals surface area contributed by atoms with E-state index in [0.29, 0.717) is 19.0 Å². The lowest BCUT2D eigenvalue weighted by Gasteiger charge is -2.30. The number of rotatable bonds is 4. The highest BCUT2D eigenvalue weighted by Gasteiger charge is 2.23. The second-order valence-electron chi connectivity index (χ2n) is 5.33. The van der Waals surface area contributed by atoms with E-state index in [1.807, 2.05) is 32.4 Å². The maximum absolute atomic E-state index is 11.0. The van der Waals surface area contributed by atoms with Crippen molar-refractivity contribution in [2.45, 2.75) is 32.5 Å². The number of carbonyl (C=O) groups excluding carboxylic acids is 1. The van der Waals surface area contributed by atoms with Gasteiger partial charge in [0.15, 0.2) is 0 Å². The first-order chi connectivity index (χ1) is 10.2. The van der Waals surface area contributed by atoms with Gasteiger partial charge in [0.05, 0.1) is 24.5 Å². The molecule has 1 atom stereocenters. The van der Waals surface area contributed by atoms with E-state index in [4.69, 9.17) is 0 Å². The number of aryl methyl sites for hydroxylation is 1. The van der Waals surface area contributed by atoms with Gasteiger partial charge in [0.2, 0.25) is 12.4 Å². The van der Waals surface area contributed by atoms with Gasteiger partial charge in [0.25, 0.3) is 0 Å². The van der Waals surface area contributed by atoms with E-state index in [-0.39, 0.29) is 6.04 Å². The first-order valence-electron chi connectivity index (χ1n) is 6.94. The third-order valence-corrected chi connectivity index (χ3v) is 3.70. The zero-order valence-electron chi connectivity index (χ0n) is 12.2. The van der Waals surface area contributed by atoms with Crippen LogP contribution in [0.15, 0.2) is 18.5 Å². The fraction of sp³-hybridized carbons (Fsp3) is 0.429. The molecule has 1 N–H and O–H groups in total. The zero-order chi connectivity index (χ0) is 14.8. The van der Waals surface area contributed by atoms with Gasteiger partial charge in [-0.3, -0.25) is 9.48 Å². The molecule has 2 aromatic heterocycles. The van der Waals surface area contributed by atoms with Crippen molar-refractivity contribution >= 4 is 12.4 Å². The predicted molar refractivity (Wildman–Crippen MR) is 77.3 cm³/mol. The van der Waals surface area contributed by atoms with E-state index in [9.17, 15) is 4.79 Å². The SMILES string of the molecule is C[C@@H]1Cc2cnc(NCc3ccn(C)n3)nc2CN1C=O. The number of hydrogen-bond acceptors (Lipinski definition) is 5. The normalized spacial score (nSPS) is 17.4. The first kappa shape index (κ1) is 13.5. The van der Waals surface area contributed by atoms with Crippen LogP contribution < -0.4 is 5.32 Å². The molecule has 1 aliphatic heterocycles. The quantitative estimate of drug-likeness (QED) is 0.838. The van der Waals surface area contributed by atoms with Crippen molar-refractivity contribution in [2.75, 3.05) is 5.32 Å². The van der Waals surface area contributed by atoms with Gasteiger partial charge >= 0.3 is 0 Å². The second kappa shape index (κ2) is 5.51. The minimum Gasteiger partial charge on any atom is -0.348 e. The van der Waals surface area contributed by atoms with E-state index in [0.717, 1.165) is 29.8 Å². The van der Waals surface area contributed by atoms with E-state index < -0.39 is 0 Å². The zero-order valence-corrected chi connectivity index (χ0v) is 12.2. The van der Waals surface area contributed by atoms with E-state index in [2.05, 4.69) is 20.4 Å². The third-order valence-electron chi connectivity index (χ3n) is 3.70. The molecule has 0 fully saturated rings. The molecule has 0 aromatic carbocycles. The van der Waals surface area contributed by atoms with Gasteiger partial charge in [-0.25, -0.2) is 9.97 Å². The minimum absolute atomic E-state index is 0.200. The Labute approximate surface area is 123 Å². The van der Waals surface area contributed by atoms with Crippen molar-refractivity contribution in [1.82, 2.24) is 24.6 Å². The largest absolute Gasteiger partial charge is 0.348 e. The number of anilines is 1. The fourth-order valence-corrected chi connectivity index (χ4v) is 2.47. The molecule has 0 radical (unpaired) electrons. The van der Waals surface area contributed by atoms with Crippen LogP contribution in [0, 0.1) is 0 Å². The van der Waals surface area contributed by atoms with Crippen molar-refractivity contribution in [3.63, 3.8) is 0 Å². The molecule has 3 heterocycles. The maximum atomic E-state index is 11.0. The molecule has 0 aliphatic carbocycles. The van der Waals surface area contributed by atoms with E-state index >= 15 is 0 Å². The van der Waals surface area contributed by atoms with Crippen LogP contribution in [0.3, 0.4) is 0 Å². The highest BCUT2D eigenvalue weighted by molar-refractivity contribution is 5.49. The highest BCUT2D eigenvalue weighted by atomic mass is 16.1. The molecule has 0 bridgehead atoms. The number of nitrogens with zero attached hydrogens (tertiary/aromatic N) is 5. The molecule has 21 heavy (non-hydrogen) atoms. The van der Waals surface area contributed by atoms with Crippen LogP contribution in [0.25, 0.3) is 0 Å². The Balaban J connectivity index is 1.72. The number of nitrogens with one attached hydrogen (secondary N) is 1. The standard InChI is InChI=1S/C14H18N6O/c1-10-5-11-6-15-14(17-13(11)8-20(10)9-21)16-7-12-3-4-19(2)18-12/h3-4,6,9-10H,5,7-8H2,1-2H3,(H,15,16,17)/t10-/m1/s1. The fourth-order valence-electron chi connectivity index (χ4n) is 2.47. The summed E-state index contributed by atoms with van der Waals surface area (Å²) in [7, 11) is 1.88. The van der Waals surface area contributed by atoms with Gasteiger partial charge in [-0.2, -0.15) is 5.10 Å². The first-order valence-corrected chi connectivity index (χ1v) is 6.94.